The van der Waals surface area contributed by atoms with Crippen molar-refractivity contribution in [3.05, 3.63) is 193 Å². The van der Waals surface area contributed by atoms with Crippen molar-refractivity contribution >= 4 is 44.7 Å². The number of nitrogens with one attached hydrogen (secondary N) is 1. The molecular formula is C48H36N2O. The van der Waals surface area contributed by atoms with Gasteiger partial charge in [-0.3, -0.25) is 0 Å². The van der Waals surface area contributed by atoms with Crippen LogP contribution in [0.1, 0.15) is 12.8 Å². The van der Waals surface area contributed by atoms with E-state index in [2.05, 4.69) is 169 Å². The maximum Gasteiger partial charge on any atom is 0.159 e. The molecule has 244 valence electrons. The van der Waals surface area contributed by atoms with Gasteiger partial charge < -0.3 is 14.6 Å². The number of para-hydroxylation sites is 3. The first-order valence-corrected chi connectivity index (χ1v) is 17.8. The van der Waals surface area contributed by atoms with Gasteiger partial charge in [-0.1, -0.05) is 116 Å². The van der Waals surface area contributed by atoms with Crippen molar-refractivity contribution in [2.45, 2.75) is 12.8 Å². The Labute approximate surface area is 298 Å². The summed E-state index contributed by atoms with van der Waals surface area (Å²) in [5.74, 6) is 0.487. The van der Waals surface area contributed by atoms with Gasteiger partial charge in [0.1, 0.15) is 5.58 Å². The van der Waals surface area contributed by atoms with Crippen LogP contribution in [0.15, 0.2) is 197 Å². The van der Waals surface area contributed by atoms with E-state index >= 15 is 0 Å². The highest BCUT2D eigenvalue weighted by atomic mass is 16.3. The molecule has 2 bridgehead atoms. The highest BCUT2D eigenvalue weighted by molar-refractivity contribution is 6.10. The first kappa shape index (κ1) is 29.6. The Balaban J connectivity index is 1.19. The summed E-state index contributed by atoms with van der Waals surface area (Å²) in [5, 5.41) is 6.01. The smallest absolute Gasteiger partial charge is 0.159 e. The molecule has 2 unspecified atom stereocenters. The summed E-state index contributed by atoms with van der Waals surface area (Å²) in [6.45, 7) is 8.61. The minimum Gasteiger partial charge on any atom is -0.454 e. The van der Waals surface area contributed by atoms with Crippen LogP contribution >= 0.6 is 0 Å². The zero-order valence-electron chi connectivity index (χ0n) is 28.3. The van der Waals surface area contributed by atoms with E-state index in [1.54, 1.807) is 0 Å². The molecule has 1 N–H and O–H groups in total. The molecule has 10 rings (SSSR count). The standard InChI is InChI=1S/C48H36N2O/c1-3-34-35(4-2)43-29-32(23-25-39(43)38-17-6-5-16-37(34)38)50(46-21-12-19-41-40-18-8-10-22-47(40)51-48(41)46)33-24-26-45-42(28-33)31-14-11-13-30(27-31)36-15-7-9-20-44(36)49-45/h3-15,17-28,37,43,49H,1-2,16,29H2. The Bertz CT molecular complexity index is 2620. The molecule has 1 aromatic heterocycles. The van der Waals surface area contributed by atoms with E-state index in [9.17, 15) is 0 Å². The van der Waals surface area contributed by atoms with Gasteiger partial charge in [-0.2, -0.15) is 0 Å². The predicted molar refractivity (Wildman–Crippen MR) is 213 cm³/mol. The van der Waals surface area contributed by atoms with E-state index in [0.29, 0.717) is 5.92 Å². The molecule has 1 aliphatic heterocycles. The fourth-order valence-corrected chi connectivity index (χ4v) is 8.80. The lowest BCUT2D eigenvalue weighted by Gasteiger charge is -2.41. The van der Waals surface area contributed by atoms with Gasteiger partial charge in [0.15, 0.2) is 5.58 Å². The van der Waals surface area contributed by atoms with Crippen LogP contribution in [-0.2, 0) is 0 Å². The number of anilines is 4. The molecular weight excluding hydrogens is 621 g/mol. The normalized spacial score (nSPS) is 18.5. The second kappa shape index (κ2) is 11.6. The van der Waals surface area contributed by atoms with Crippen LogP contribution in [-0.4, -0.2) is 0 Å². The fraction of sp³-hybridized carbons (Fsp3) is 0.0833. The summed E-state index contributed by atoms with van der Waals surface area (Å²) in [4.78, 5) is 2.42. The number of nitrogens with zero attached hydrogens (tertiary/aromatic N) is 1. The predicted octanol–water partition coefficient (Wildman–Crippen LogP) is 13.1. The number of fused-ring (bicyclic) bond motifs is 12. The van der Waals surface area contributed by atoms with Gasteiger partial charge in [0.25, 0.3) is 0 Å². The number of rotatable bonds is 5. The average Bonchev–Trinajstić information content (AvgIpc) is 3.57. The second-order valence-electron chi connectivity index (χ2n) is 13.8. The summed E-state index contributed by atoms with van der Waals surface area (Å²) in [5.41, 5.74) is 17.3. The summed E-state index contributed by atoms with van der Waals surface area (Å²) < 4.78 is 6.70. The molecule has 3 heteroatoms. The van der Waals surface area contributed by atoms with Crippen molar-refractivity contribution in [1.29, 1.82) is 0 Å². The van der Waals surface area contributed by atoms with Crippen LogP contribution in [0.5, 0.6) is 0 Å². The van der Waals surface area contributed by atoms with Crippen molar-refractivity contribution in [3.63, 3.8) is 0 Å². The number of furan rings is 1. The van der Waals surface area contributed by atoms with Gasteiger partial charge in [0.2, 0.25) is 0 Å². The van der Waals surface area contributed by atoms with E-state index in [1.165, 1.54) is 44.7 Å². The van der Waals surface area contributed by atoms with Crippen LogP contribution in [0.25, 0.3) is 44.2 Å². The minimum absolute atomic E-state index is 0.168. The Morgan fingerprint density at radius 1 is 0.667 bits per heavy atom. The Hall–Kier alpha value is -6.32. The lowest BCUT2D eigenvalue weighted by atomic mass is 9.65. The maximum atomic E-state index is 6.70. The van der Waals surface area contributed by atoms with Gasteiger partial charge in [0.05, 0.1) is 5.69 Å². The molecule has 0 radical (unpaired) electrons. The largest absolute Gasteiger partial charge is 0.454 e. The highest BCUT2D eigenvalue weighted by Gasteiger charge is 2.37. The first-order chi connectivity index (χ1) is 25.2. The first-order valence-electron chi connectivity index (χ1n) is 17.8. The van der Waals surface area contributed by atoms with Crippen LogP contribution in [0.4, 0.5) is 22.7 Å². The minimum atomic E-state index is 0.168. The SMILES string of the molecule is C=CC1=C(C=C)C2CC(N(c3ccc4c(c3)-c3cccc(c3)-c3ccccc3N4)c3cccc4c3oc3ccccc34)=CC=C2C2=CC=CCC21. The fourth-order valence-electron chi connectivity index (χ4n) is 8.80. The monoisotopic (exact) mass is 656 g/mol. The summed E-state index contributed by atoms with van der Waals surface area (Å²) in [7, 11) is 0. The van der Waals surface area contributed by atoms with Crippen molar-refractivity contribution in [2.24, 2.45) is 11.8 Å². The van der Waals surface area contributed by atoms with Gasteiger partial charge in [-0.25, -0.2) is 0 Å². The van der Waals surface area contributed by atoms with Crippen LogP contribution in [0, 0.1) is 11.8 Å². The average molecular weight is 657 g/mol. The van der Waals surface area contributed by atoms with Crippen LogP contribution < -0.4 is 10.2 Å². The molecule has 0 amide bonds. The van der Waals surface area contributed by atoms with Gasteiger partial charge in [-0.15, -0.1) is 0 Å². The zero-order chi connectivity index (χ0) is 34.1. The maximum absolute atomic E-state index is 6.70. The van der Waals surface area contributed by atoms with Crippen LogP contribution in [0.3, 0.4) is 0 Å². The van der Waals surface area contributed by atoms with E-state index in [1.807, 2.05) is 6.07 Å². The van der Waals surface area contributed by atoms with Crippen LogP contribution in [0.2, 0.25) is 0 Å². The molecule has 0 fully saturated rings. The topological polar surface area (TPSA) is 28.4 Å². The molecule has 6 aromatic rings. The summed E-state index contributed by atoms with van der Waals surface area (Å²) in [6.07, 6.45) is 17.4. The molecule has 5 aromatic carbocycles. The molecule has 51 heavy (non-hydrogen) atoms. The van der Waals surface area contributed by atoms with Gasteiger partial charge >= 0.3 is 0 Å². The molecule has 0 saturated heterocycles. The lowest BCUT2D eigenvalue weighted by Crippen LogP contribution is -2.29. The molecule has 0 spiro atoms. The molecule has 2 atom stereocenters. The highest BCUT2D eigenvalue weighted by Crippen LogP contribution is 2.52. The Morgan fingerprint density at radius 3 is 2.31 bits per heavy atom. The second-order valence-corrected chi connectivity index (χ2v) is 13.8. The number of hydrogen-bond acceptors (Lipinski definition) is 3. The van der Waals surface area contributed by atoms with E-state index in [4.69, 9.17) is 4.42 Å². The molecule has 4 aliphatic rings. The van der Waals surface area contributed by atoms with E-state index < -0.39 is 0 Å². The molecule has 2 heterocycles. The third-order valence-electron chi connectivity index (χ3n) is 11.1. The molecule has 3 nitrogen and oxygen atoms in total. The van der Waals surface area contributed by atoms with Crippen molar-refractivity contribution < 1.29 is 4.42 Å². The Morgan fingerprint density at radius 2 is 1.41 bits per heavy atom. The Kier molecular flexibility index (Phi) is 6.75. The summed E-state index contributed by atoms with van der Waals surface area (Å²) in [6, 6.07) is 39.1. The van der Waals surface area contributed by atoms with Crippen molar-refractivity contribution in [2.75, 3.05) is 10.2 Å². The van der Waals surface area contributed by atoms with E-state index in [-0.39, 0.29) is 5.92 Å². The van der Waals surface area contributed by atoms with E-state index in [0.717, 1.165) is 63.1 Å². The third kappa shape index (κ3) is 4.58. The van der Waals surface area contributed by atoms with Gasteiger partial charge in [0, 0.05) is 56.5 Å². The number of benzene rings is 5. The molecule has 3 aliphatic carbocycles. The van der Waals surface area contributed by atoms with Crippen molar-refractivity contribution in [3.8, 4) is 22.3 Å². The summed E-state index contributed by atoms with van der Waals surface area (Å²) >= 11 is 0. The van der Waals surface area contributed by atoms with Crippen molar-refractivity contribution in [1.82, 2.24) is 0 Å². The zero-order valence-corrected chi connectivity index (χ0v) is 28.3. The molecule has 0 saturated carbocycles. The third-order valence-corrected chi connectivity index (χ3v) is 11.1. The quantitative estimate of drug-likeness (QED) is 0.200. The number of hydrogen-bond donors (Lipinski definition) is 1. The number of allylic oxidation sites excluding steroid dienone is 12. The lowest BCUT2D eigenvalue weighted by molar-refractivity contribution is 0.603. The van der Waals surface area contributed by atoms with Gasteiger partial charge in [-0.05, 0) is 94.8 Å².